The van der Waals surface area contributed by atoms with E-state index in [-0.39, 0.29) is 0 Å². The summed E-state index contributed by atoms with van der Waals surface area (Å²) in [4.78, 5) is 27.5. The van der Waals surface area contributed by atoms with Crippen LogP contribution in [0.4, 0.5) is 22.7 Å². The highest BCUT2D eigenvalue weighted by Crippen LogP contribution is 2.38. The molecule has 0 spiro atoms. The molecule has 0 bridgehead atoms. The second-order valence-electron chi connectivity index (χ2n) is 11.7. The van der Waals surface area contributed by atoms with Crippen LogP contribution in [-0.4, -0.2) is 26.0 Å². The molecule has 0 saturated heterocycles. The van der Waals surface area contributed by atoms with E-state index in [1.54, 1.807) is 24.3 Å². The first-order valence-corrected chi connectivity index (χ1v) is 16.1. The van der Waals surface area contributed by atoms with Gasteiger partial charge in [0.15, 0.2) is 0 Å². The lowest BCUT2D eigenvalue weighted by molar-refractivity contribution is -0.129. The normalized spacial score (nSPS) is 10.5. The molecule has 6 aromatic carbocycles. The summed E-state index contributed by atoms with van der Waals surface area (Å²) in [6, 6.07) is 48.7. The van der Waals surface area contributed by atoms with Gasteiger partial charge in [0.1, 0.15) is 11.5 Å². The van der Waals surface area contributed by atoms with E-state index < -0.39 is 11.9 Å². The highest BCUT2D eigenvalue weighted by atomic mass is 16.5. The Morgan fingerprint density at radius 3 is 0.900 bits per heavy atom. The summed E-state index contributed by atoms with van der Waals surface area (Å²) in [6.07, 6.45) is 2.29. The summed E-state index contributed by atoms with van der Waals surface area (Å²) < 4.78 is 10.5. The minimum Gasteiger partial charge on any atom is -0.423 e. The zero-order valence-electron chi connectivity index (χ0n) is 28.0. The van der Waals surface area contributed by atoms with Crippen LogP contribution in [0.1, 0.15) is 0 Å². The van der Waals surface area contributed by atoms with Crippen LogP contribution in [-0.2, 0) is 9.59 Å². The van der Waals surface area contributed by atoms with Crippen LogP contribution in [0.3, 0.4) is 0 Å². The van der Waals surface area contributed by atoms with Crippen LogP contribution >= 0.6 is 0 Å². The SMILES string of the molecule is C=CC(=O)Oc1ccc(-c2ccc(N(c3ccc(-c4ccc(OC(=O)C=C)cc4)cc3)c3ccc(-c4ccc(N(C)C)cc4)cc3)cc2)cc1. The highest BCUT2D eigenvalue weighted by Gasteiger charge is 2.14. The summed E-state index contributed by atoms with van der Waals surface area (Å²) in [6.45, 7) is 6.90. The van der Waals surface area contributed by atoms with Gasteiger partial charge >= 0.3 is 11.9 Å². The van der Waals surface area contributed by atoms with Crippen molar-refractivity contribution in [1.82, 2.24) is 0 Å². The third-order valence-corrected chi connectivity index (χ3v) is 8.24. The smallest absolute Gasteiger partial charge is 0.335 e. The van der Waals surface area contributed by atoms with Crippen molar-refractivity contribution in [3.8, 4) is 44.9 Å². The second-order valence-corrected chi connectivity index (χ2v) is 11.7. The molecule has 50 heavy (non-hydrogen) atoms. The molecular weight excluding hydrogens is 620 g/mol. The molecule has 0 N–H and O–H groups in total. The molecule has 0 fully saturated rings. The number of anilines is 4. The summed E-state index contributed by atoms with van der Waals surface area (Å²) in [5.74, 6) is -0.0482. The molecule has 6 nitrogen and oxygen atoms in total. The fourth-order valence-corrected chi connectivity index (χ4v) is 5.55. The van der Waals surface area contributed by atoms with Crippen LogP contribution in [0.25, 0.3) is 33.4 Å². The second kappa shape index (κ2) is 15.0. The fourth-order valence-electron chi connectivity index (χ4n) is 5.55. The van der Waals surface area contributed by atoms with E-state index in [0.29, 0.717) is 11.5 Å². The molecule has 0 atom stereocenters. The standard InChI is InChI=1S/C44H36N2O4/c1-5-43(47)49-41-27-15-35(16-28-41)33-11-23-39(24-12-33)46(38-21-9-32(10-22-38)31-7-19-37(20-8-31)45(3)4)40-25-13-34(14-26-40)36-17-29-42(30-18-36)50-44(48)6-2/h5-30H,1-2H2,3-4H3. The Morgan fingerprint density at radius 1 is 0.420 bits per heavy atom. The van der Waals surface area contributed by atoms with Crippen molar-refractivity contribution < 1.29 is 19.1 Å². The third-order valence-electron chi connectivity index (χ3n) is 8.24. The maximum atomic E-state index is 11.6. The average molecular weight is 657 g/mol. The molecule has 0 saturated carbocycles. The first kappa shape index (κ1) is 33.2. The Morgan fingerprint density at radius 2 is 0.660 bits per heavy atom. The van der Waals surface area contributed by atoms with Gasteiger partial charge in [-0.1, -0.05) is 86.0 Å². The summed E-state index contributed by atoms with van der Waals surface area (Å²) in [5.41, 5.74) is 10.5. The molecular formula is C44H36N2O4. The van der Waals surface area contributed by atoms with E-state index in [9.17, 15) is 9.59 Å². The number of hydrogen-bond acceptors (Lipinski definition) is 6. The summed E-state index contributed by atoms with van der Waals surface area (Å²) in [7, 11) is 4.08. The number of carbonyl (C=O) groups is 2. The number of hydrogen-bond donors (Lipinski definition) is 0. The van der Waals surface area contributed by atoms with Crippen LogP contribution in [0.15, 0.2) is 171 Å². The van der Waals surface area contributed by atoms with Gasteiger partial charge in [0, 0.05) is 49.0 Å². The molecule has 0 heterocycles. The van der Waals surface area contributed by atoms with Crippen LogP contribution in [0.5, 0.6) is 11.5 Å². The number of esters is 2. The Kier molecular flexibility index (Phi) is 10.0. The minimum atomic E-state index is -0.491. The van der Waals surface area contributed by atoms with E-state index in [0.717, 1.165) is 68.3 Å². The van der Waals surface area contributed by atoms with Gasteiger partial charge < -0.3 is 19.3 Å². The monoisotopic (exact) mass is 656 g/mol. The third kappa shape index (κ3) is 7.72. The van der Waals surface area contributed by atoms with E-state index >= 15 is 0 Å². The number of nitrogens with zero attached hydrogens (tertiary/aromatic N) is 2. The zero-order chi connectivity index (χ0) is 35.0. The van der Waals surface area contributed by atoms with Gasteiger partial charge in [-0.3, -0.25) is 0 Å². The first-order valence-electron chi connectivity index (χ1n) is 16.1. The number of rotatable bonds is 11. The van der Waals surface area contributed by atoms with Crippen molar-refractivity contribution in [1.29, 1.82) is 0 Å². The van der Waals surface area contributed by atoms with Crippen molar-refractivity contribution in [2.45, 2.75) is 0 Å². The van der Waals surface area contributed by atoms with Crippen molar-refractivity contribution in [2.24, 2.45) is 0 Å². The molecule has 0 aromatic heterocycles. The molecule has 246 valence electrons. The van der Waals surface area contributed by atoms with Gasteiger partial charge in [-0.2, -0.15) is 0 Å². The summed E-state index contributed by atoms with van der Waals surface area (Å²) in [5, 5.41) is 0. The van der Waals surface area contributed by atoms with E-state index in [1.807, 2.05) is 38.4 Å². The van der Waals surface area contributed by atoms with Crippen molar-refractivity contribution >= 4 is 34.7 Å². The predicted octanol–water partition coefficient (Wildman–Crippen LogP) is 10.4. The van der Waals surface area contributed by atoms with Crippen molar-refractivity contribution in [3.63, 3.8) is 0 Å². The maximum absolute atomic E-state index is 11.6. The van der Waals surface area contributed by atoms with Gasteiger partial charge in [0.2, 0.25) is 0 Å². The number of ether oxygens (including phenoxy) is 2. The molecule has 0 aliphatic rings. The van der Waals surface area contributed by atoms with Gasteiger partial charge in [0.05, 0.1) is 0 Å². The molecule has 0 aliphatic heterocycles. The number of benzene rings is 6. The molecule has 0 amide bonds. The van der Waals surface area contributed by atoms with Crippen molar-refractivity contribution in [3.05, 3.63) is 171 Å². The quantitative estimate of drug-likeness (QED) is 0.0786. The van der Waals surface area contributed by atoms with Gasteiger partial charge in [0.25, 0.3) is 0 Å². The van der Waals surface area contributed by atoms with Crippen LogP contribution < -0.4 is 19.3 Å². The summed E-state index contributed by atoms with van der Waals surface area (Å²) >= 11 is 0. The molecule has 0 unspecified atom stereocenters. The highest BCUT2D eigenvalue weighted by molar-refractivity contribution is 5.85. The van der Waals surface area contributed by atoms with Crippen molar-refractivity contribution in [2.75, 3.05) is 23.9 Å². The zero-order valence-corrected chi connectivity index (χ0v) is 28.0. The van der Waals surface area contributed by atoms with Crippen LogP contribution in [0.2, 0.25) is 0 Å². The van der Waals surface area contributed by atoms with Gasteiger partial charge in [-0.05, 0) is 106 Å². The lowest BCUT2D eigenvalue weighted by atomic mass is 10.0. The molecule has 0 aliphatic carbocycles. The predicted molar refractivity (Wildman–Crippen MR) is 203 cm³/mol. The van der Waals surface area contributed by atoms with E-state index in [4.69, 9.17) is 9.47 Å². The lowest BCUT2D eigenvalue weighted by Gasteiger charge is -2.26. The van der Waals surface area contributed by atoms with Crippen LogP contribution in [0, 0.1) is 0 Å². The molecule has 0 radical (unpaired) electrons. The van der Waals surface area contributed by atoms with E-state index in [2.05, 4.69) is 120 Å². The lowest BCUT2D eigenvalue weighted by Crippen LogP contribution is -2.09. The van der Waals surface area contributed by atoms with E-state index in [1.165, 1.54) is 0 Å². The Bertz CT molecular complexity index is 1990. The fraction of sp³-hybridized carbons (Fsp3) is 0.0455. The number of carbonyl (C=O) groups excluding carboxylic acids is 2. The van der Waals surface area contributed by atoms with Gasteiger partial charge in [-0.15, -0.1) is 0 Å². The Labute approximate surface area is 292 Å². The molecule has 6 rings (SSSR count). The Hall–Kier alpha value is -6.66. The first-order chi connectivity index (χ1) is 24.3. The molecule has 6 heteroatoms. The van der Waals surface area contributed by atoms with Gasteiger partial charge in [-0.25, -0.2) is 9.59 Å². The topological polar surface area (TPSA) is 59.1 Å². The molecule has 6 aromatic rings. The largest absolute Gasteiger partial charge is 0.423 e. The maximum Gasteiger partial charge on any atom is 0.335 e. The minimum absolute atomic E-state index is 0.467. The average Bonchev–Trinajstić information content (AvgIpc) is 3.16. The Balaban J connectivity index is 1.30.